The number of aromatic nitrogens is 2. The lowest BCUT2D eigenvalue weighted by molar-refractivity contribution is 0.996. The van der Waals surface area contributed by atoms with Gasteiger partial charge in [0.25, 0.3) is 0 Å². The molecule has 0 saturated heterocycles. The molecule has 24 heavy (non-hydrogen) atoms. The molecular formula is C19H19ClN4. The number of nitrogens with zero attached hydrogens (tertiary/aromatic N) is 2. The Morgan fingerprint density at radius 2 is 1.50 bits per heavy atom. The first-order chi connectivity index (χ1) is 11.8. The van der Waals surface area contributed by atoms with Crippen LogP contribution in [0, 0.1) is 0 Å². The molecule has 0 aliphatic rings. The summed E-state index contributed by atoms with van der Waals surface area (Å²) in [6, 6.07) is 20.1. The van der Waals surface area contributed by atoms with Crippen LogP contribution in [0.25, 0.3) is 0 Å². The number of anilines is 2. The third-order valence-corrected chi connectivity index (χ3v) is 3.87. The van der Waals surface area contributed by atoms with Crippen LogP contribution in [0.4, 0.5) is 11.6 Å². The van der Waals surface area contributed by atoms with Gasteiger partial charge in [-0.05, 0) is 29.7 Å². The molecule has 0 aliphatic heterocycles. The first-order valence-electron chi connectivity index (χ1n) is 7.88. The lowest BCUT2D eigenvalue weighted by Crippen LogP contribution is -2.08. The second-order valence-corrected chi connectivity index (χ2v) is 5.87. The van der Waals surface area contributed by atoms with E-state index in [4.69, 9.17) is 11.6 Å². The normalized spacial score (nSPS) is 10.4. The zero-order chi connectivity index (χ0) is 16.6. The smallest absolute Gasteiger partial charge is 0.131 e. The highest BCUT2D eigenvalue weighted by Crippen LogP contribution is 2.13. The average Bonchev–Trinajstić information content (AvgIpc) is 2.63. The van der Waals surface area contributed by atoms with Crippen LogP contribution in [0.1, 0.15) is 11.1 Å². The van der Waals surface area contributed by atoms with Gasteiger partial charge in [-0.15, -0.1) is 0 Å². The van der Waals surface area contributed by atoms with Gasteiger partial charge in [0.15, 0.2) is 0 Å². The molecular weight excluding hydrogens is 320 g/mol. The minimum Gasteiger partial charge on any atom is -0.370 e. The Balaban J connectivity index is 1.51. The molecule has 0 fully saturated rings. The van der Waals surface area contributed by atoms with Crippen LogP contribution in [0.2, 0.25) is 5.02 Å². The Labute approximate surface area is 146 Å². The van der Waals surface area contributed by atoms with Gasteiger partial charge in [-0.3, -0.25) is 0 Å². The number of rotatable bonds is 7. The Morgan fingerprint density at radius 1 is 0.792 bits per heavy atom. The molecule has 0 saturated carbocycles. The molecule has 0 radical (unpaired) electrons. The fraction of sp³-hybridized carbons (Fsp3) is 0.158. The summed E-state index contributed by atoms with van der Waals surface area (Å²) in [6.45, 7) is 1.52. The highest BCUT2D eigenvalue weighted by atomic mass is 35.5. The lowest BCUT2D eigenvalue weighted by Gasteiger charge is -2.09. The summed E-state index contributed by atoms with van der Waals surface area (Å²) in [7, 11) is 0. The molecule has 1 aromatic heterocycles. The molecule has 5 heteroatoms. The van der Waals surface area contributed by atoms with E-state index in [1.54, 1.807) is 6.33 Å². The van der Waals surface area contributed by atoms with Gasteiger partial charge >= 0.3 is 0 Å². The summed E-state index contributed by atoms with van der Waals surface area (Å²) in [5, 5.41) is 7.37. The van der Waals surface area contributed by atoms with E-state index in [2.05, 4.69) is 44.9 Å². The summed E-state index contributed by atoms with van der Waals surface area (Å²) >= 11 is 5.89. The van der Waals surface area contributed by atoms with Crippen LogP contribution >= 0.6 is 11.6 Å². The van der Waals surface area contributed by atoms with Gasteiger partial charge in [0.05, 0.1) is 0 Å². The summed E-state index contributed by atoms with van der Waals surface area (Å²) in [5.41, 5.74) is 2.46. The quantitative estimate of drug-likeness (QED) is 0.670. The molecule has 0 atom stereocenters. The first kappa shape index (κ1) is 16.3. The average molecular weight is 339 g/mol. The zero-order valence-corrected chi connectivity index (χ0v) is 14.0. The molecule has 0 spiro atoms. The zero-order valence-electron chi connectivity index (χ0n) is 13.2. The molecule has 4 nitrogen and oxygen atoms in total. The van der Waals surface area contributed by atoms with Crippen LogP contribution in [-0.2, 0) is 13.0 Å². The Bertz CT molecular complexity index is 760. The minimum absolute atomic E-state index is 0.692. The number of benzene rings is 2. The van der Waals surface area contributed by atoms with Gasteiger partial charge in [0.1, 0.15) is 18.0 Å². The first-order valence-corrected chi connectivity index (χ1v) is 8.25. The molecule has 1 heterocycles. The van der Waals surface area contributed by atoms with Gasteiger partial charge in [-0.1, -0.05) is 54.1 Å². The second-order valence-electron chi connectivity index (χ2n) is 5.43. The van der Waals surface area contributed by atoms with Crippen molar-refractivity contribution in [2.75, 3.05) is 17.2 Å². The third-order valence-electron chi connectivity index (χ3n) is 3.62. The maximum absolute atomic E-state index is 5.89. The van der Waals surface area contributed by atoms with Crippen molar-refractivity contribution in [3.8, 4) is 0 Å². The number of nitrogens with one attached hydrogen (secondary N) is 2. The van der Waals surface area contributed by atoms with Crippen molar-refractivity contribution >= 4 is 23.2 Å². The van der Waals surface area contributed by atoms with Crippen molar-refractivity contribution in [2.24, 2.45) is 0 Å². The highest BCUT2D eigenvalue weighted by Gasteiger charge is 2.00. The summed E-state index contributed by atoms with van der Waals surface area (Å²) in [4.78, 5) is 8.51. The van der Waals surface area contributed by atoms with E-state index in [1.807, 2.05) is 36.4 Å². The molecule has 2 aromatic carbocycles. The molecule has 122 valence electrons. The van der Waals surface area contributed by atoms with E-state index in [-0.39, 0.29) is 0 Å². The van der Waals surface area contributed by atoms with E-state index >= 15 is 0 Å². The van der Waals surface area contributed by atoms with Crippen LogP contribution in [0.15, 0.2) is 67.0 Å². The van der Waals surface area contributed by atoms with Crippen molar-refractivity contribution in [1.29, 1.82) is 0 Å². The van der Waals surface area contributed by atoms with Gasteiger partial charge in [0, 0.05) is 24.2 Å². The van der Waals surface area contributed by atoms with E-state index in [0.717, 1.165) is 35.2 Å². The SMILES string of the molecule is Clc1ccc(CNc2cc(NCCc3ccccc3)ncn2)cc1. The second kappa shape index (κ2) is 8.31. The number of hydrogen-bond acceptors (Lipinski definition) is 4. The van der Waals surface area contributed by atoms with E-state index in [9.17, 15) is 0 Å². The maximum atomic E-state index is 5.89. The van der Waals surface area contributed by atoms with Crippen molar-refractivity contribution < 1.29 is 0 Å². The van der Waals surface area contributed by atoms with Gasteiger partial charge < -0.3 is 10.6 Å². The number of halogens is 1. The highest BCUT2D eigenvalue weighted by molar-refractivity contribution is 6.30. The molecule has 2 N–H and O–H groups in total. The standard InChI is InChI=1S/C19H19ClN4/c20-17-8-6-16(7-9-17)13-22-19-12-18(23-14-24-19)21-11-10-15-4-2-1-3-5-15/h1-9,12,14H,10-11,13H2,(H2,21,22,23,24). The van der Waals surface area contributed by atoms with Crippen molar-refractivity contribution in [2.45, 2.75) is 13.0 Å². The minimum atomic E-state index is 0.692. The largest absolute Gasteiger partial charge is 0.370 e. The van der Waals surface area contributed by atoms with Gasteiger partial charge in [0.2, 0.25) is 0 Å². The summed E-state index contributed by atoms with van der Waals surface area (Å²) in [5.74, 6) is 1.61. The molecule has 0 bridgehead atoms. The molecule has 0 unspecified atom stereocenters. The monoisotopic (exact) mass is 338 g/mol. The van der Waals surface area contributed by atoms with Crippen molar-refractivity contribution in [1.82, 2.24) is 9.97 Å². The van der Waals surface area contributed by atoms with E-state index < -0.39 is 0 Å². The van der Waals surface area contributed by atoms with Gasteiger partial charge in [-0.25, -0.2) is 9.97 Å². The number of hydrogen-bond donors (Lipinski definition) is 2. The maximum Gasteiger partial charge on any atom is 0.131 e. The Kier molecular flexibility index (Phi) is 5.64. The summed E-state index contributed by atoms with van der Waals surface area (Å²) in [6.07, 6.45) is 2.52. The van der Waals surface area contributed by atoms with Crippen molar-refractivity contribution in [3.63, 3.8) is 0 Å². The molecule has 0 amide bonds. The predicted octanol–water partition coefficient (Wildman–Crippen LogP) is 4.40. The summed E-state index contributed by atoms with van der Waals surface area (Å²) < 4.78 is 0. The van der Waals surface area contributed by atoms with Crippen LogP contribution in [0.5, 0.6) is 0 Å². The van der Waals surface area contributed by atoms with Crippen molar-refractivity contribution in [3.05, 3.63) is 83.1 Å². The van der Waals surface area contributed by atoms with Crippen LogP contribution in [0.3, 0.4) is 0 Å². The Hall–Kier alpha value is -2.59. The fourth-order valence-electron chi connectivity index (χ4n) is 2.33. The van der Waals surface area contributed by atoms with E-state index in [1.165, 1.54) is 5.56 Å². The van der Waals surface area contributed by atoms with Crippen LogP contribution in [-0.4, -0.2) is 16.5 Å². The molecule has 3 rings (SSSR count). The van der Waals surface area contributed by atoms with E-state index in [0.29, 0.717) is 6.54 Å². The Morgan fingerprint density at radius 3 is 2.25 bits per heavy atom. The predicted molar refractivity (Wildman–Crippen MR) is 99.4 cm³/mol. The lowest BCUT2D eigenvalue weighted by atomic mass is 10.1. The topological polar surface area (TPSA) is 49.8 Å². The molecule has 0 aliphatic carbocycles. The van der Waals surface area contributed by atoms with Crippen LogP contribution < -0.4 is 10.6 Å². The van der Waals surface area contributed by atoms with Gasteiger partial charge in [-0.2, -0.15) is 0 Å². The fourth-order valence-corrected chi connectivity index (χ4v) is 2.45. The molecule has 3 aromatic rings. The third kappa shape index (κ3) is 4.96.